The average molecular weight is 243 g/mol. The summed E-state index contributed by atoms with van der Waals surface area (Å²) >= 11 is 0. The van der Waals surface area contributed by atoms with E-state index in [-0.39, 0.29) is 0 Å². The van der Waals surface area contributed by atoms with E-state index in [1.165, 1.54) is 0 Å². The molecule has 0 amide bonds. The van der Waals surface area contributed by atoms with E-state index in [0.717, 1.165) is 6.07 Å². The molecule has 8 heteroatoms. The number of carbonyl (C=O) groups is 1. The Hall–Kier alpha value is -2.47. The fraction of sp³-hybridized carbons (Fsp3) is 0. The highest BCUT2D eigenvalue weighted by atomic mass is 19.2. The van der Waals surface area contributed by atoms with Gasteiger partial charge in [-0.1, -0.05) is 0 Å². The predicted octanol–water partition coefficient (Wildman–Crippen LogP) is 0.745. The molecule has 0 saturated heterocycles. The molecular weight excluding hydrogens is 239 g/mol. The van der Waals surface area contributed by atoms with Crippen LogP contribution in [0, 0.1) is 23.0 Å². The molecule has 0 bridgehead atoms. The third-order valence-electron chi connectivity index (χ3n) is 1.72. The van der Waals surface area contributed by atoms with Crippen LogP contribution in [0.25, 0.3) is 6.08 Å². The lowest BCUT2D eigenvalue weighted by atomic mass is 10.1. The molecule has 0 radical (unpaired) electrons. The van der Waals surface area contributed by atoms with Crippen molar-refractivity contribution < 1.29 is 23.1 Å². The number of carbonyl (C=O) groups excluding carboxylic acids is 1. The number of rotatable bonds is 3. The molecule has 1 aromatic rings. The van der Waals surface area contributed by atoms with Crippen LogP contribution in [0.2, 0.25) is 0 Å². The quantitative estimate of drug-likeness (QED) is 0.367. The topological polar surface area (TPSA) is 90.4 Å². The Bertz CT molecular complexity index is 547. The lowest BCUT2D eigenvalue weighted by Gasteiger charge is -2.00. The largest absolute Gasteiger partial charge is 0.543 e. The van der Waals surface area contributed by atoms with Crippen LogP contribution in [0.3, 0.4) is 0 Å². The van der Waals surface area contributed by atoms with Gasteiger partial charge in [-0.05, 0) is 18.2 Å². The van der Waals surface area contributed by atoms with Gasteiger partial charge in [0.05, 0.1) is 5.97 Å². The highest BCUT2D eigenvalue weighted by Gasteiger charge is 2.13. The Labute approximate surface area is 92.4 Å². The van der Waals surface area contributed by atoms with Gasteiger partial charge in [-0.3, -0.25) is 0 Å². The SMILES string of the molecule is N=[N+]=N/C(=C\c1ccc(F)c(F)c1F)C(=O)[O-]. The number of benzene rings is 1. The van der Waals surface area contributed by atoms with Gasteiger partial charge < -0.3 is 9.90 Å². The summed E-state index contributed by atoms with van der Waals surface area (Å²) in [5.74, 6) is -6.54. The van der Waals surface area contributed by atoms with E-state index in [0.29, 0.717) is 12.1 Å². The van der Waals surface area contributed by atoms with Crippen molar-refractivity contribution >= 4 is 12.0 Å². The Kier molecular flexibility index (Phi) is 3.74. The maximum atomic E-state index is 13.1. The second kappa shape index (κ2) is 5.04. The number of hydrogen-bond donors (Lipinski definition) is 1. The molecular formula is C9H4F3N3O2. The van der Waals surface area contributed by atoms with E-state index in [9.17, 15) is 23.1 Å². The Morgan fingerprint density at radius 2 is 2.00 bits per heavy atom. The highest BCUT2D eigenvalue weighted by molar-refractivity contribution is 5.89. The maximum absolute atomic E-state index is 13.1. The summed E-state index contributed by atoms with van der Waals surface area (Å²) in [6.07, 6.45) is 0.575. The van der Waals surface area contributed by atoms with Crippen molar-refractivity contribution in [3.8, 4) is 0 Å². The van der Waals surface area contributed by atoms with Gasteiger partial charge in [-0.15, -0.1) is 0 Å². The highest BCUT2D eigenvalue weighted by Crippen LogP contribution is 2.17. The van der Waals surface area contributed by atoms with Gasteiger partial charge in [0.25, 0.3) is 0 Å². The summed E-state index contributed by atoms with van der Waals surface area (Å²) in [5, 5.41) is 13.3. The lowest BCUT2D eigenvalue weighted by molar-refractivity contribution is -0.299. The van der Waals surface area contributed by atoms with Crippen LogP contribution in [-0.4, -0.2) is 5.97 Å². The monoisotopic (exact) mass is 243 g/mol. The van der Waals surface area contributed by atoms with Gasteiger partial charge in [-0.2, -0.15) is 0 Å². The summed E-state index contributed by atoms with van der Waals surface area (Å²) in [6, 6.07) is 1.44. The molecule has 1 rings (SSSR count). The molecule has 5 nitrogen and oxygen atoms in total. The molecule has 0 unspecified atom stereocenters. The first-order valence-corrected chi connectivity index (χ1v) is 4.11. The van der Waals surface area contributed by atoms with Crippen LogP contribution in [-0.2, 0) is 4.79 Å². The second-order valence-electron chi connectivity index (χ2n) is 2.78. The van der Waals surface area contributed by atoms with Gasteiger partial charge in [0.2, 0.25) is 4.91 Å². The molecule has 0 fully saturated rings. The molecule has 0 aliphatic carbocycles. The van der Waals surface area contributed by atoms with Crippen molar-refractivity contribution in [3.63, 3.8) is 0 Å². The van der Waals surface area contributed by atoms with Crippen LogP contribution in [0.15, 0.2) is 22.9 Å². The van der Waals surface area contributed by atoms with Crippen LogP contribution < -0.4 is 10.0 Å². The van der Waals surface area contributed by atoms with Gasteiger partial charge in [-0.25, -0.2) is 13.2 Å². The molecule has 0 aliphatic rings. The number of hydrogen-bond acceptors (Lipinski definition) is 4. The zero-order valence-electron chi connectivity index (χ0n) is 8.08. The third kappa shape index (κ3) is 2.76. The molecule has 1 N–H and O–H groups in total. The zero-order chi connectivity index (χ0) is 13.0. The normalized spacial score (nSPS) is 10.9. The van der Waals surface area contributed by atoms with Gasteiger partial charge in [0, 0.05) is 5.56 Å². The maximum Gasteiger partial charge on any atom is 0.220 e. The second-order valence-corrected chi connectivity index (χ2v) is 2.78. The van der Waals surface area contributed by atoms with E-state index in [1.54, 1.807) is 0 Å². The minimum absolute atomic E-state index is 0.546. The molecule has 0 aromatic heterocycles. The lowest BCUT2D eigenvalue weighted by Crippen LogP contribution is -2.23. The summed E-state index contributed by atoms with van der Waals surface area (Å²) in [4.78, 5) is 12.9. The molecule has 0 spiro atoms. The van der Waals surface area contributed by atoms with Crippen LogP contribution in [0.4, 0.5) is 13.2 Å². The number of carboxylic acids is 1. The van der Waals surface area contributed by atoms with Crippen molar-refractivity contribution in [3.05, 3.63) is 40.8 Å². The van der Waals surface area contributed by atoms with Crippen molar-refractivity contribution in [1.29, 1.82) is 5.53 Å². The van der Waals surface area contributed by atoms with Crippen LogP contribution >= 0.6 is 0 Å². The van der Waals surface area contributed by atoms with Crippen molar-refractivity contribution in [2.75, 3.05) is 0 Å². The number of nitrogens with zero attached hydrogens (tertiary/aromatic N) is 2. The molecule has 1 aromatic carbocycles. The Morgan fingerprint density at radius 3 is 2.53 bits per heavy atom. The Morgan fingerprint density at radius 1 is 1.35 bits per heavy atom. The van der Waals surface area contributed by atoms with Crippen LogP contribution in [0.1, 0.15) is 5.56 Å². The number of aliphatic carboxylic acids is 1. The summed E-state index contributed by atoms with van der Waals surface area (Å²) in [7, 11) is 0. The minimum atomic E-state index is -1.83. The molecule has 88 valence electrons. The smallest absolute Gasteiger partial charge is 0.220 e. The van der Waals surface area contributed by atoms with E-state index in [4.69, 9.17) is 5.53 Å². The van der Waals surface area contributed by atoms with Crippen LogP contribution in [0.5, 0.6) is 0 Å². The van der Waals surface area contributed by atoms with E-state index >= 15 is 0 Å². The number of nitrogens with one attached hydrogen (secondary N) is 1. The molecule has 0 aliphatic heterocycles. The zero-order valence-corrected chi connectivity index (χ0v) is 8.08. The minimum Gasteiger partial charge on any atom is -0.543 e. The molecule has 17 heavy (non-hydrogen) atoms. The first-order chi connectivity index (χ1) is 7.97. The first kappa shape index (κ1) is 12.6. The van der Waals surface area contributed by atoms with E-state index < -0.39 is 34.7 Å². The number of halogens is 3. The summed E-state index contributed by atoms with van der Waals surface area (Å²) in [5.41, 5.74) is 4.89. The van der Waals surface area contributed by atoms with Gasteiger partial charge in [0.1, 0.15) is 5.53 Å². The van der Waals surface area contributed by atoms with Gasteiger partial charge >= 0.3 is 0 Å². The summed E-state index contributed by atoms with van der Waals surface area (Å²) < 4.78 is 38.5. The third-order valence-corrected chi connectivity index (χ3v) is 1.72. The van der Waals surface area contributed by atoms with E-state index in [2.05, 4.69) is 10.0 Å². The first-order valence-electron chi connectivity index (χ1n) is 4.11. The van der Waals surface area contributed by atoms with Crippen molar-refractivity contribution in [2.24, 2.45) is 5.11 Å². The average Bonchev–Trinajstić information content (AvgIpc) is 2.28. The Balaban J connectivity index is 3.35. The fourth-order valence-corrected chi connectivity index (χ4v) is 0.982. The van der Waals surface area contributed by atoms with Crippen molar-refractivity contribution in [1.82, 2.24) is 4.91 Å². The molecule has 0 saturated carbocycles. The fourth-order valence-electron chi connectivity index (χ4n) is 0.982. The summed E-state index contributed by atoms with van der Waals surface area (Å²) in [6.45, 7) is 0. The molecule has 0 heterocycles. The standard InChI is InChI=1S/C9H4F3N3O2/c10-5-2-1-4(7(11)8(5)12)3-6(9(16)17)14-15-13/h1-3,13H/b6-3-. The van der Waals surface area contributed by atoms with Gasteiger partial charge in [0.15, 0.2) is 28.3 Å². The molecule has 0 atom stereocenters. The predicted molar refractivity (Wildman–Crippen MR) is 46.6 cm³/mol. The number of carboxylic acid groups (broad SMARTS) is 1. The van der Waals surface area contributed by atoms with E-state index in [1.807, 2.05) is 0 Å². The van der Waals surface area contributed by atoms with Crippen molar-refractivity contribution in [2.45, 2.75) is 0 Å².